The lowest BCUT2D eigenvalue weighted by atomic mass is 9.78. The third-order valence-electron chi connectivity index (χ3n) is 6.14. The third kappa shape index (κ3) is 3.44. The second-order valence-corrected chi connectivity index (χ2v) is 9.18. The van der Waals surface area contributed by atoms with Gasteiger partial charge in [-0.1, -0.05) is 76.4 Å². The molecule has 0 saturated heterocycles. The first kappa shape index (κ1) is 19.6. The Morgan fingerprint density at radius 3 is 2.34 bits per heavy atom. The fourth-order valence-electron chi connectivity index (χ4n) is 4.49. The molecule has 1 heteroatoms. The van der Waals surface area contributed by atoms with Crippen molar-refractivity contribution >= 4 is 11.1 Å². The molecule has 0 N–H and O–H groups in total. The van der Waals surface area contributed by atoms with Crippen LogP contribution >= 0.6 is 0 Å². The van der Waals surface area contributed by atoms with Gasteiger partial charge in [0.25, 0.3) is 0 Å². The molecule has 2 aliphatic rings. The Balaban J connectivity index is 1.81. The van der Waals surface area contributed by atoms with Crippen molar-refractivity contribution in [2.75, 3.05) is 0 Å². The van der Waals surface area contributed by atoms with Gasteiger partial charge in [0.05, 0.1) is 17.9 Å². The fourth-order valence-corrected chi connectivity index (χ4v) is 4.49. The summed E-state index contributed by atoms with van der Waals surface area (Å²) in [5, 5.41) is 0. The largest absolute Gasteiger partial charge is 0.298 e. The second kappa shape index (κ2) is 7.30. The smallest absolute Gasteiger partial charge is 0.0965 e. The molecule has 150 valence electrons. The molecule has 0 unspecified atom stereocenters. The van der Waals surface area contributed by atoms with E-state index in [0.717, 1.165) is 12.8 Å². The van der Waals surface area contributed by atoms with E-state index in [9.17, 15) is 0 Å². The normalized spacial score (nSPS) is 16.0. The molecule has 0 spiro atoms. The summed E-state index contributed by atoms with van der Waals surface area (Å²) < 4.78 is 2.39. The van der Waals surface area contributed by atoms with E-state index in [1.165, 1.54) is 50.7 Å². The molecule has 0 bridgehead atoms. The summed E-state index contributed by atoms with van der Waals surface area (Å²) in [4.78, 5) is 0. The number of aryl methyl sites for hydroxylation is 1. The number of hydrogen-bond acceptors (Lipinski definition) is 0. The van der Waals surface area contributed by atoms with Crippen LogP contribution in [0.3, 0.4) is 0 Å². The zero-order valence-electron chi connectivity index (χ0n) is 18.6. The van der Waals surface area contributed by atoms with Crippen molar-refractivity contribution in [3.05, 3.63) is 101 Å². The maximum absolute atomic E-state index is 2.40. The highest BCUT2D eigenvalue weighted by molar-refractivity contribution is 5.94. The first-order valence-corrected chi connectivity index (χ1v) is 10.8. The monoisotopic (exact) mass is 382 g/mol. The van der Waals surface area contributed by atoms with Crippen molar-refractivity contribution in [1.29, 1.82) is 0 Å². The van der Waals surface area contributed by atoms with E-state index in [0.29, 0.717) is 0 Å². The van der Waals surface area contributed by atoms with Crippen molar-refractivity contribution in [3.8, 4) is 0 Å². The zero-order chi connectivity index (χ0) is 20.8. The average molecular weight is 383 g/mol. The number of allylic oxidation sites excluding steroid dienone is 6. The summed E-state index contributed by atoms with van der Waals surface area (Å²) in [5.41, 5.74) is 11.0. The molecule has 2 heterocycles. The molecular weight excluding hydrogens is 350 g/mol. The van der Waals surface area contributed by atoms with Gasteiger partial charge in [0.2, 0.25) is 0 Å². The lowest BCUT2D eigenvalue weighted by Gasteiger charge is -2.41. The predicted molar refractivity (Wildman–Crippen MR) is 123 cm³/mol. The van der Waals surface area contributed by atoms with E-state index in [-0.39, 0.29) is 5.41 Å². The number of hydrogen-bond donors (Lipinski definition) is 0. The van der Waals surface area contributed by atoms with Gasteiger partial charge >= 0.3 is 0 Å². The van der Waals surface area contributed by atoms with Crippen LogP contribution in [0.15, 0.2) is 65.9 Å². The van der Waals surface area contributed by atoms with Gasteiger partial charge in [0, 0.05) is 0 Å². The maximum Gasteiger partial charge on any atom is 0.0965 e. The van der Waals surface area contributed by atoms with Crippen LogP contribution in [0.2, 0.25) is 0 Å². The molecule has 4 rings (SSSR count). The minimum Gasteiger partial charge on any atom is -0.298 e. The number of pyridine rings is 1. The van der Waals surface area contributed by atoms with Gasteiger partial charge < -0.3 is 0 Å². The molecule has 1 aromatic carbocycles. The van der Waals surface area contributed by atoms with Gasteiger partial charge in [-0.15, -0.1) is 28.9 Å². The Bertz CT molecular complexity index is 1020. The summed E-state index contributed by atoms with van der Waals surface area (Å²) in [6.45, 7) is 13.5. The number of nitrogens with zero attached hydrogens (tertiary/aromatic N) is 1. The summed E-state index contributed by atoms with van der Waals surface area (Å²) in [6.07, 6.45) is 11.3. The molecule has 29 heavy (non-hydrogen) atoms. The third-order valence-corrected chi connectivity index (χ3v) is 6.14. The summed E-state index contributed by atoms with van der Waals surface area (Å²) in [5.74, 6) is 0. The van der Waals surface area contributed by atoms with E-state index in [1.54, 1.807) is 0 Å². The van der Waals surface area contributed by atoms with Crippen molar-refractivity contribution in [2.24, 2.45) is 0 Å². The molecule has 0 radical (unpaired) electrons. The summed E-state index contributed by atoms with van der Waals surface area (Å²) >= 11 is 0. The molecule has 1 aliphatic heterocycles. The molecule has 2 aromatic rings. The Labute approximate surface area is 176 Å². The van der Waals surface area contributed by atoms with Crippen LogP contribution in [0.4, 0.5) is 0 Å². The van der Waals surface area contributed by atoms with E-state index >= 15 is 0 Å². The van der Waals surface area contributed by atoms with Crippen LogP contribution in [0.5, 0.6) is 0 Å². The van der Waals surface area contributed by atoms with Crippen LogP contribution in [-0.4, -0.2) is 0 Å². The Hall–Kier alpha value is -2.67. The Morgan fingerprint density at radius 2 is 1.72 bits per heavy atom. The lowest BCUT2D eigenvalue weighted by molar-refractivity contribution is -0.657. The molecule has 0 amide bonds. The van der Waals surface area contributed by atoms with E-state index in [1.807, 2.05) is 0 Å². The van der Waals surface area contributed by atoms with Gasteiger partial charge in [0.15, 0.2) is 0 Å². The standard InChI is InChI=1S/C28H32N/c1-7-23-25-18-21(20-9-12-22(13-10-20)28(4,5)6)11-14-24(25)27-17-19(3)15-16-29(27)26(23)8-2/h9-18H,7-8H2,1-6H3/q-1. The highest BCUT2D eigenvalue weighted by Crippen LogP contribution is 2.42. The summed E-state index contributed by atoms with van der Waals surface area (Å²) in [6, 6.07) is 15.0. The molecule has 0 fully saturated rings. The van der Waals surface area contributed by atoms with Gasteiger partial charge in [-0.05, 0) is 36.5 Å². The van der Waals surface area contributed by atoms with Gasteiger partial charge in [-0.2, -0.15) is 12.0 Å². The summed E-state index contributed by atoms with van der Waals surface area (Å²) in [7, 11) is 0. The SMILES string of the molecule is CCC1=C2[CH-]C(c3ccc(C(C)(C)C)cc3)=CC=C2c2cc(C)cc[n+]2[C-]1CC. The average Bonchev–Trinajstić information content (AvgIpc) is 2.71. The van der Waals surface area contributed by atoms with E-state index < -0.39 is 0 Å². The number of aromatic nitrogens is 1. The lowest BCUT2D eigenvalue weighted by Crippen LogP contribution is -2.47. The predicted octanol–water partition coefficient (Wildman–Crippen LogP) is 6.78. The topological polar surface area (TPSA) is 3.88 Å². The Morgan fingerprint density at radius 1 is 1.00 bits per heavy atom. The van der Waals surface area contributed by atoms with Crippen LogP contribution in [0.25, 0.3) is 11.1 Å². The van der Waals surface area contributed by atoms with Crippen molar-refractivity contribution in [2.45, 2.75) is 59.8 Å². The maximum atomic E-state index is 2.40. The molecular formula is C28H32N-. The zero-order valence-corrected chi connectivity index (χ0v) is 18.6. The highest BCUT2D eigenvalue weighted by atomic mass is 15.0. The number of benzene rings is 1. The first-order chi connectivity index (χ1) is 13.8. The van der Waals surface area contributed by atoms with Gasteiger partial charge in [0.1, 0.15) is 0 Å². The van der Waals surface area contributed by atoms with Crippen LogP contribution in [0, 0.1) is 19.4 Å². The van der Waals surface area contributed by atoms with Gasteiger partial charge in [-0.3, -0.25) is 4.57 Å². The molecule has 0 atom stereocenters. The Kier molecular flexibility index (Phi) is 4.94. The number of fused-ring (bicyclic) bond motifs is 3. The molecule has 0 saturated carbocycles. The number of rotatable bonds is 3. The first-order valence-electron chi connectivity index (χ1n) is 10.8. The van der Waals surface area contributed by atoms with Crippen molar-refractivity contribution in [3.63, 3.8) is 0 Å². The van der Waals surface area contributed by atoms with Crippen LogP contribution in [0.1, 0.15) is 69.8 Å². The second-order valence-electron chi connectivity index (χ2n) is 9.18. The van der Waals surface area contributed by atoms with Gasteiger partial charge in [-0.25, -0.2) is 0 Å². The van der Waals surface area contributed by atoms with Crippen molar-refractivity contribution in [1.82, 2.24) is 0 Å². The quantitative estimate of drug-likeness (QED) is 0.407. The highest BCUT2D eigenvalue weighted by Gasteiger charge is 2.25. The molecule has 1 nitrogen and oxygen atoms in total. The van der Waals surface area contributed by atoms with Crippen LogP contribution < -0.4 is 4.57 Å². The van der Waals surface area contributed by atoms with Crippen molar-refractivity contribution < 1.29 is 4.57 Å². The van der Waals surface area contributed by atoms with E-state index in [4.69, 9.17) is 0 Å². The minimum atomic E-state index is 0.182. The molecule has 1 aromatic heterocycles. The fraction of sp³-hybridized carbons (Fsp3) is 0.321. The van der Waals surface area contributed by atoms with Crippen LogP contribution in [-0.2, 0) is 5.41 Å². The minimum absolute atomic E-state index is 0.182. The van der Waals surface area contributed by atoms with E-state index in [2.05, 4.69) is 107 Å². The molecule has 1 aliphatic carbocycles.